The van der Waals surface area contributed by atoms with Crippen LogP contribution in [0.25, 0.3) is 0 Å². The molecule has 132 valence electrons. The van der Waals surface area contributed by atoms with E-state index < -0.39 is 5.82 Å². The van der Waals surface area contributed by atoms with Crippen LogP contribution in [0.1, 0.15) is 22.0 Å². The summed E-state index contributed by atoms with van der Waals surface area (Å²) in [4.78, 5) is 14.9. The van der Waals surface area contributed by atoms with E-state index in [0.717, 1.165) is 24.7 Å². The highest BCUT2D eigenvalue weighted by Crippen LogP contribution is 2.20. The monoisotopic (exact) mass is 362 g/mol. The summed E-state index contributed by atoms with van der Waals surface area (Å²) in [7, 11) is 0. The fourth-order valence-corrected chi connectivity index (χ4v) is 3.12. The second kappa shape index (κ2) is 8.43. The maximum atomic E-state index is 13.2. The maximum absolute atomic E-state index is 13.2. The summed E-state index contributed by atoms with van der Waals surface area (Å²) in [5.74, 6) is -0.776. The average molecular weight is 363 g/mol. The van der Waals surface area contributed by atoms with Crippen molar-refractivity contribution < 1.29 is 13.9 Å². The van der Waals surface area contributed by atoms with E-state index in [1.54, 1.807) is 0 Å². The Hall–Kier alpha value is -1.95. The molecule has 6 heteroatoms. The van der Waals surface area contributed by atoms with Gasteiger partial charge < -0.3 is 10.1 Å². The fourth-order valence-electron chi connectivity index (χ4n) is 2.87. The van der Waals surface area contributed by atoms with Crippen molar-refractivity contribution in [3.63, 3.8) is 0 Å². The van der Waals surface area contributed by atoms with Gasteiger partial charge in [-0.25, -0.2) is 4.39 Å². The van der Waals surface area contributed by atoms with Gasteiger partial charge in [-0.1, -0.05) is 41.9 Å². The first-order chi connectivity index (χ1) is 12.1. The van der Waals surface area contributed by atoms with E-state index in [1.807, 2.05) is 30.3 Å². The molecule has 0 radical (unpaired) electrons. The molecule has 4 nitrogen and oxygen atoms in total. The molecule has 1 amide bonds. The Morgan fingerprint density at radius 3 is 2.60 bits per heavy atom. The number of carbonyl (C=O) groups excluding carboxylic acids is 1. The molecule has 3 rings (SSSR count). The largest absolute Gasteiger partial charge is 0.379 e. The molecule has 2 aromatic rings. The Kier molecular flexibility index (Phi) is 6.02. The number of rotatable bonds is 5. The molecule has 0 aromatic heterocycles. The van der Waals surface area contributed by atoms with Crippen molar-refractivity contribution in [3.05, 3.63) is 70.5 Å². The van der Waals surface area contributed by atoms with E-state index in [2.05, 4.69) is 10.2 Å². The zero-order valence-corrected chi connectivity index (χ0v) is 14.5. The molecule has 1 aliphatic rings. The van der Waals surface area contributed by atoms with Crippen LogP contribution in [0.2, 0.25) is 5.02 Å². The highest BCUT2D eigenvalue weighted by atomic mass is 35.5. The van der Waals surface area contributed by atoms with E-state index in [1.165, 1.54) is 12.1 Å². The fraction of sp³-hybridized carbons (Fsp3) is 0.316. The van der Waals surface area contributed by atoms with Gasteiger partial charge in [-0.05, 0) is 23.8 Å². The van der Waals surface area contributed by atoms with Crippen LogP contribution in [0.15, 0.2) is 48.5 Å². The normalized spacial score (nSPS) is 16.4. The third-order valence-electron chi connectivity index (χ3n) is 4.23. The van der Waals surface area contributed by atoms with Crippen LogP contribution in [-0.4, -0.2) is 43.7 Å². The zero-order chi connectivity index (χ0) is 17.6. The van der Waals surface area contributed by atoms with Crippen molar-refractivity contribution in [2.45, 2.75) is 6.04 Å². The Labute approximate surface area is 151 Å². The molecule has 1 aliphatic heterocycles. The summed E-state index contributed by atoms with van der Waals surface area (Å²) in [5.41, 5.74) is 1.28. The van der Waals surface area contributed by atoms with Gasteiger partial charge in [0.2, 0.25) is 0 Å². The smallest absolute Gasteiger partial charge is 0.253 e. The second-order valence-corrected chi connectivity index (χ2v) is 6.38. The van der Waals surface area contributed by atoms with Gasteiger partial charge in [0, 0.05) is 19.6 Å². The molecule has 1 heterocycles. The molecule has 25 heavy (non-hydrogen) atoms. The summed E-state index contributed by atoms with van der Waals surface area (Å²) in [6, 6.07) is 13.4. The van der Waals surface area contributed by atoms with Crippen LogP contribution in [-0.2, 0) is 4.74 Å². The first kappa shape index (κ1) is 17.9. The summed E-state index contributed by atoms with van der Waals surface area (Å²) < 4.78 is 18.6. The molecular weight excluding hydrogens is 343 g/mol. The van der Waals surface area contributed by atoms with Gasteiger partial charge in [-0.3, -0.25) is 9.69 Å². The van der Waals surface area contributed by atoms with E-state index in [0.29, 0.717) is 19.8 Å². The van der Waals surface area contributed by atoms with Gasteiger partial charge >= 0.3 is 0 Å². The number of hydrogen-bond donors (Lipinski definition) is 1. The molecule has 1 N–H and O–H groups in total. The molecule has 1 fully saturated rings. The minimum absolute atomic E-state index is 0.107. The van der Waals surface area contributed by atoms with Crippen LogP contribution >= 0.6 is 11.6 Å². The Balaban J connectivity index is 1.77. The molecule has 0 bridgehead atoms. The summed E-state index contributed by atoms with van der Waals surface area (Å²) in [6.45, 7) is 3.73. The molecule has 0 aliphatic carbocycles. The van der Waals surface area contributed by atoms with Crippen molar-refractivity contribution >= 4 is 17.5 Å². The van der Waals surface area contributed by atoms with E-state index in [4.69, 9.17) is 16.3 Å². The van der Waals surface area contributed by atoms with Crippen molar-refractivity contribution in [1.29, 1.82) is 0 Å². The first-order valence-electron chi connectivity index (χ1n) is 8.24. The van der Waals surface area contributed by atoms with Gasteiger partial charge in [-0.15, -0.1) is 0 Å². The topological polar surface area (TPSA) is 41.6 Å². The number of ether oxygens (including phenoxy) is 1. The van der Waals surface area contributed by atoms with Crippen LogP contribution < -0.4 is 5.32 Å². The number of nitrogens with one attached hydrogen (secondary N) is 1. The van der Waals surface area contributed by atoms with Crippen molar-refractivity contribution in [3.8, 4) is 0 Å². The van der Waals surface area contributed by atoms with Gasteiger partial charge in [-0.2, -0.15) is 0 Å². The van der Waals surface area contributed by atoms with Crippen LogP contribution in [0.3, 0.4) is 0 Å². The molecule has 0 spiro atoms. The standard InChI is InChI=1S/C19H20ClFN2O2/c20-17-12-15(21)6-7-16(17)19(24)22-18(14-4-2-1-3-5-14)13-23-8-10-25-11-9-23/h1-7,12,18H,8-11,13H2,(H,22,24). The van der Waals surface area contributed by atoms with Crippen LogP contribution in [0.4, 0.5) is 4.39 Å². The first-order valence-corrected chi connectivity index (χ1v) is 8.62. The lowest BCUT2D eigenvalue weighted by Crippen LogP contribution is -2.43. The van der Waals surface area contributed by atoms with Gasteiger partial charge in [0.1, 0.15) is 5.82 Å². The second-order valence-electron chi connectivity index (χ2n) is 5.97. The van der Waals surface area contributed by atoms with Crippen molar-refractivity contribution in [2.24, 2.45) is 0 Å². The summed E-state index contributed by atoms with van der Waals surface area (Å²) in [6.07, 6.45) is 0. The van der Waals surface area contributed by atoms with Crippen molar-refractivity contribution in [1.82, 2.24) is 10.2 Å². The van der Waals surface area contributed by atoms with E-state index in [9.17, 15) is 9.18 Å². The predicted molar refractivity (Wildman–Crippen MR) is 95.3 cm³/mol. The van der Waals surface area contributed by atoms with E-state index >= 15 is 0 Å². The lowest BCUT2D eigenvalue weighted by molar-refractivity contribution is 0.0332. The molecule has 2 aromatic carbocycles. The van der Waals surface area contributed by atoms with Gasteiger partial charge in [0.05, 0.1) is 29.8 Å². The molecule has 1 atom stereocenters. The highest BCUT2D eigenvalue weighted by Gasteiger charge is 2.21. The number of amides is 1. The third-order valence-corrected chi connectivity index (χ3v) is 4.54. The number of morpholine rings is 1. The van der Waals surface area contributed by atoms with Gasteiger partial charge in [0.15, 0.2) is 0 Å². The minimum atomic E-state index is -0.463. The molecule has 0 saturated carbocycles. The summed E-state index contributed by atoms with van der Waals surface area (Å²) in [5, 5.41) is 3.14. The molecular formula is C19H20ClFN2O2. The predicted octanol–water partition coefficient (Wildman–Crippen LogP) is 3.28. The van der Waals surface area contributed by atoms with Crippen LogP contribution in [0.5, 0.6) is 0 Å². The third kappa shape index (κ3) is 4.78. The van der Waals surface area contributed by atoms with Gasteiger partial charge in [0.25, 0.3) is 5.91 Å². The van der Waals surface area contributed by atoms with Crippen LogP contribution in [0, 0.1) is 5.82 Å². The Morgan fingerprint density at radius 2 is 1.92 bits per heavy atom. The maximum Gasteiger partial charge on any atom is 0.253 e. The Bertz CT molecular complexity index is 721. The number of halogens is 2. The lowest BCUT2D eigenvalue weighted by atomic mass is 10.1. The molecule has 1 unspecified atom stereocenters. The molecule has 1 saturated heterocycles. The van der Waals surface area contributed by atoms with Crippen molar-refractivity contribution in [2.75, 3.05) is 32.8 Å². The number of hydrogen-bond acceptors (Lipinski definition) is 3. The zero-order valence-electron chi connectivity index (χ0n) is 13.8. The number of benzene rings is 2. The lowest BCUT2D eigenvalue weighted by Gasteiger charge is -2.31. The SMILES string of the molecule is O=C(NC(CN1CCOCC1)c1ccccc1)c1ccc(F)cc1Cl. The number of carbonyl (C=O) groups is 1. The minimum Gasteiger partial charge on any atom is -0.379 e. The average Bonchev–Trinajstić information content (AvgIpc) is 2.62. The highest BCUT2D eigenvalue weighted by molar-refractivity contribution is 6.33. The Morgan fingerprint density at radius 1 is 1.20 bits per heavy atom. The number of nitrogens with zero attached hydrogens (tertiary/aromatic N) is 1. The van der Waals surface area contributed by atoms with E-state index in [-0.39, 0.29) is 22.5 Å². The summed E-state index contributed by atoms with van der Waals surface area (Å²) >= 11 is 6.02. The quantitative estimate of drug-likeness (QED) is 0.887.